The van der Waals surface area contributed by atoms with Crippen LogP contribution in [0.5, 0.6) is 0 Å². The first-order valence-electron chi connectivity index (χ1n) is 21.9. The highest BCUT2D eigenvalue weighted by molar-refractivity contribution is 5.85. The average molecular weight is 783 g/mol. The molecule has 8 rings (SSSR count). The van der Waals surface area contributed by atoms with Gasteiger partial charge in [0.25, 0.3) is 0 Å². The standard InChI is InChI=1S/C47H66N4O6/c1-28(2)30-16-21-47(40(53)51-25-11-13-32(51)39-49-38(50-57-39)29-12-10-24-48-27-29)23-22-45(8)31(37(30)47)14-15-34-44(7)19-18-35(56-36(52)26-42(3,4)41(54)55)43(5,6)33(44)17-20-46(34,45)9/h10,12,24,27,30-35,37H,1,11,13-23,25-26H2,2-9H3,(H,54,55). The van der Waals surface area contributed by atoms with Gasteiger partial charge in [-0.2, -0.15) is 4.98 Å². The van der Waals surface area contributed by atoms with E-state index in [1.54, 1.807) is 26.2 Å². The number of aromatic nitrogens is 3. The lowest BCUT2D eigenvalue weighted by molar-refractivity contribution is -0.250. The molecular formula is C47H66N4O6. The molecule has 310 valence electrons. The molecule has 2 aromatic heterocycles. The number of likely N-dealkylation sites (tertiary alicyclic amines) is 1. The number of aliphatic carboxylic acids is 1. The molecule has 1 saturated heterocycles. The number of carboxylic acid groups (broad SMARTS) is 1. The van der Waals surface area contributed by atoms with Crippen molar-refractivity contribution in [2.24, 2.45) is 62.1 Å². The summed E-state index contributed by atoms with van der Waals surface area (Å²) >= 11 is 0. The molecular weight excluding hydrogens is 717 g/mol. The number of pyridine rings is 1. The van der Waals surface area contributed by atoms with Gasteiger partial charge in [0.15, 0.2) is 0 Å². The van der Waals surface area contributed by atoms with Gasteiger partial charge in [0.2, 0.25) is 17.6 Å². The first-order valence-corrected chi connectivity index (χ1v) is 21.9. The van der Waals surface area contributed by atoms with Crippen LogP contribution in [0.4, 0.5) is 0 Å². The summed E-state index contributed by atoms with van der Waals surface area (Å²) in [5, 5.41) is 14.0. The first kappa shape index (κ1) is 40.2. The normalized spacial score (nSPS) is 39.6. The Morgan fingerprint density at radius 2 is 1.74 bits per heavy atom. The number of carbonyl (C=O) groups is 3. The zero-order valence-electron chi connectivity index (χ0n) is 35.7. The Balaban J connectivity index is 1.06. The zero-order chi connectivity index (χ0) is 40.9. The fourth-order valence-corrected chi connectivity index (χ4v) is 14.9. The predicted molar refractivity (Wildman–Crippen MR) is 216 cm³/mol. The maximum Gasteiger partial charge on any atom is 0.309 e. The number of allylic oxidation sites excluding steroid dienone is 1. The van der Waals surface area contributed by atoms with Crippen molar-refractivity contribution in [3.63, 3.8) is 0 Å². The summed E-state index contributed by atoms with van der Waals surface area (Å²) in [7, 11) is 0. The molecule has 1 amide bonds. The molecule has 2 aromatic rings. The van der Waals surface area contributed by atoms with Crippen LogP contribution < -0.4 is 0 Å². The highest BCUT2D eigenvalue weighted by Gasteiger charge is 2.72. The Morgan fingerprint density at radius 3 is 2.44 bits per heavy atom. The minimum absolute atomic E-state index is 0.0712. The smallest absolute Gasteiger partial charge is 0.309 e. The number of amides is 1. The van der Waals surface area contributed by atoms with Crippen molar-refractivity contribution in [2.45, 2.75) is 151 Å². The SMILES string of the molecule is C=C(C)C1CCC2(C(=O)N3CCCC3c3nc(-c4cccnc4)no3)CCC3(C)C(CCC4C5(C)CCC(OC(=O)CC(C)(C)C(=O)O)C(C)(C)C5CCC43C)C12. The number of rotatable bonds is 8. The molecule has 0 spiro atoms. The Kier molecular flexibility index (Phi) is 9.71. The van der Waals surface area contributed by atoms with Crippen LogP contribution in [0.15, 0.2) is 41.2 Å². The number of hydrogen-bond acceptors (Lipinski definition) is 8. The number of fused-ring (bicyclic) bond motifs is 7. The lowest BCUT2D eigenvalue weighted by Gasteiger charge is -2.73. The third-order valence-corrected chi connectivity index (χ3v) is 18.0. The minimum Gasteiger partial charge on any atom is -0.481 e. The lowest BCUT2D eigenvalue weighted by Crippen LogP contribution is -2.67. The lowest BCUT2D eigenvalue weighted by atomic mass is 9.32. The number of hydrogen-bond donors (Lipinski definition) is 1. The summed E-state index contributed by atoms with van der Waals surface area (Å²) in [4.78, 5) is 51.6. The molecule has 1 N–H and O–H groups in total. The summed E-state index contributed by atoms with van der Waals surface area (Å²) in [6.07, 6.45) is 15.0. The molecule has 3 heterocycles. The van der Waals surface area contributed by atoms with Crippen molar-refractivity contribution in [2.75, 3.05) is 6.54 Å². The first-order chi connectivity index (χ1) is 26.8. The average Bonchev–Trinajstić information content (AvgIpc) is 3.92. The number of carboxylic acids is 1. The fraction of sp³-hybridized carbons (Fsp3) is 0.745. The van der Waals surface area contributed by atoms with Gasteiger partial charge in [0.05, 0.1) is 17.3 Å². The fourth-order valence-electron chi connectivity index (χ4n) is 14.9. The molecule has 0 radical (unpaired) electrons. The van der Waals surface area contributed by atoms with Gasteiger partial charge < -0.3 is 19.3 Å². The van der Waals surface area contributed by atoms with E-state index in [0.717, 1.165) is 82.6 Å². The second-order valence-corrected chi connectivity index (χ2v) is 21.4. The third-order valence-electron chi connectivity index (χ3n) is 18.0. The Bertz CT molecular complexity index is 1920. The van der Waals surface area contributed by atoms with E-state index >= 15 is 4.79 Å². The van der Waals surface area contributed by atoms with Crippen molar-refractivity contribution in [3.05, 3.63) is 42.6 Å². The molecule has 6 aliphatic rings. The van der Waals surface area contributed by atoms with Crippen molar-refractivity contribution >= 4 is 17.8 Å². The van der Waals surface area contributed by atoms with E-state index in [1.165, 1.54) is 5.57 Å². The van der Waals surface area contributed by atoms with Gasteiger partial charge >= 0.3 is 11.9 Å². The molecule has 57 heavy (non-hydrogen) atoms. The van der Waals surface area contributed by atoms with Crippen LogP contribution in [0.1, 0.15) is 151 Å². The van der Waals surface area contributed by atoms with Crippen LogP contribution in [0.25, 0.3) is 11.4 Å². The molecule has 10 nitrogen and oxygen atoms in total. The Morgan fingerprint density at radius 1 is 0.965 bits per heavy atom. The highest BCUT2D eigenvalue weighted by atomic mass is 16.5. The van der Waals surface area contributed by atoms with Crippen LogP contribution in [-0.4, -0.2) is 55.6 Å². The minimum atomic E-state index is -1.16. The molecule has 10 heteroatoms. The zero-order valence-corrected chi connectivity index (χ0v) is 35.7. The van der Waals surface area contributed by atoms with Crippen molar-refractivity contribution in [3.8, 4) is 11.4 Å². The summed E-state index contributed by atoms with van der Waals surface area (Å²) in [6.45, 7) is 23.0. The van der Waals surface area contributed by atoms with Crippen LogP contribution >= 0.6 is 0 Å². The molecule has 11 unspecified atom stereocenters. The highest BCUT2D eigenvalue weighted by Crippen LogP contribution is 2.78. The van der Waals surface area contributed by atoms with Gasteiger partial charge in [-0.1, -0.05) is 51.9 Å². The van der Waals surface area contributed by atoms with Crippen molar-refractivity contribution in [1.29, 1.82) is 0 Å². The van der Waals surface area contributed by atoms with Crippen LogP contribution in [0.2, 0.25) is 0 Å². The molecule has 0 bridgehead atoms. The molecule has 0 aromatic carbocycles. The van der Waals surface area contributed by atoms with Crippen molar-refractivity contribution in [1.82, 2.24) is 20.0 Å². The summed E-state index contributed by atoms with van der Waals surface area (Å²) < 4.78 is 12.1. The van der Waals surface area contributed by atoms with E-state index in [9.17, 15) is 14.7 Å². The Labute approximate surface area is 339 Å². The van der Waals surface area contributed by atoms with E-state index < -0.39 is 22.8 Å². The third kappa shape index (κ3) is 5.97. The molecule has 6 fully saturated rings. The largest absolute Gasteiger partial charge is 0.481 e. The summed E-state index contributed by atoms with van der Waals surface area (Å²) in [6, 6.07) is 3.58. The van der Waals surface area contributed by atoms with Crippen LogP contribution in [-0.2, 0) is 19.1 Å². The van der Waals surface area contributed by atoms with E-state index in [4.69, 9.17) is 14.2 Å². The second-order valence-electron chi connectivity index (χ2n) is 21.4. The van der Waals surface area contributed by atoms with Gasteiger partial charge in [-0.3, -0.25) is 19.4 Å². The number of nitrogens with zero attached hydrogens (tertiary/aromatic N) is 4. The van der Waals surface area contributed by atoms with Crippen LogP contribution in [0.3, 0.4) is 0 Å². The second kappa shape index (κ2) is 13.8. The van der Waals surface area contributed by atoms with Gasteiger partial charge in [-0.25, -0.2) is 0 Å². The molecule has 5 saturated carbocycles. The van der Waals surface area contributed by atoms with Gasteiger partial charge in [0, 0.05) is 29.9 Å². The van der Waals surface area contributed by atoms with Gasteiger partial charge in [-0.15, -0.1) is 0 Å². The topological polar surface area (TPSA) is 136 Å². The van der Waals surface area contributed by atoms with E-state index in [-0.39, 0.29) is 46.1 Å². The number of ether oxygens (including phenoxy) is 1. The van der Waals surface area contributed by atoms with Crippen LogP contribution in [0, 0.1) is 62.1 Å². The monoisotopic (exact) mass is 782 g/mol. The predicted octanol–water partition coefficient (Wildman–Crippen LogP) is 9.87. The van der Waals surface area contributed by atoms with Gasteiger partial charge in [-0.05, 0) is 156 Å². The van der Waals surface area contributed by atoms with E-state index in [1.807, 2.05) is 12.1 Å². The maximum atomic E-state index is 15.4. The van der Waals surface area contributed by atoms with Gasteiger partial charge in [0.1, 0.15) is 12.1 Å². The number of esters is 1. The quantitative estimate of drug-likeness (QED) is 0.205. The Hall–Kier alpha value is -3.56. The van der Waals surface area contributed by atoms with E-state index in [0.29, 0.717) is 47.8 Å². The summed E-state index contributed by atoms with van der Waals surface area (Å²) in [5.41, 5.74) is 0.467. The maximum absolute atomic E-state index is 15.4. The van der Waals surface area contributed by atoms with Crippen molar-refractivity contribution < 1.29 is 28.8 Å². The molecule has 5 aliphatic carbocycles. The van der Waals surface area contributed by atoms with E-state index in [2.05, 4.69) is 63.2 Å². The molecule has 1 aliphatic heterocycles. The summed E-state index contributed by atoms with van der Waals surface area (Å²) in [5.74, 6) is 1.84. The number of carbonyl (C=O) groups excluding carboxylic acids is 2. The molecule has 11 atom stereocenters.